The van der Waals surface area contributed by atoms with Crippen LogP contribution in [0, 0.1) is 17.2 Å². The van der Waals surface area contributed by atoms with Gasteiger partial charge in [0.2, 0.25) is 21.1 Å². The maximum absolute atomic E-state index is 8.49. The van der Waals surface area contributed by atoms with Crippen molar-refractivity contribution in [3.8, 4) is 11.1 Å². The molecule has 0 saturated heterocycles. The van der Waals surface area contributed by atoms with Gasteiger partial charge in [0.15, 0.2) is 0 Å². The molecule has 144 valence electrons. The van der Waals surface area contributed by atoms with Crippen LogP contribution in [0.1, 0.15) is 56.9 Å². The fourth-order valence-corrected chi connectivity index (χ4v) is 3.37. The van der Waals surface area contributed by atoms with Crippen molar-refractivity contribution in [3.05, 3.63) is 51.7 Å². The summed E-state index contributed by atoms with van der Waals surface area (Å²) < 4.78 is 34.0. The van der Waals surface area contributed by atoms with Gasteiger partial charge in [0.05, 0.1) is 0 Å². The molecule has 0 spiro atoms. The minimum Gasteiger partial charge on any atom is -0.222 e. The molecule has 6 heteroatoms. The van der Waals surface area contributed by atoms with Crippen LogP contribution in [0.3, 0.4) is 0 Å². The first kappa shape index (κ1) is 23.0. The van der Waals surface area contributed by atoms with Crippen LogP contribution in [0.15, 0.2) is 36.4 Å². The number of rotatable bonds is 1. The minimum atomic E-state index is -4.94. The molecule has 0 bridgehead atoms. The number of benzene rings is 1. The highest BCUT2D eigenvalue weighted by molar-refractivity contribution is 7.12. The molecule has 1 aromatic carbocycles. The molecule has 26 heavy (non-hydrogen) atoms. The molecule has 0 N–H and O–H groups in total. The summed E-state index contributed by atoms with van der Waals surface area (Å²) in [5.74, 6) is 0. The Morgan fingerprint density at radius 1 is 0.692 bits per heavy atom. The van der Waals surface area contributed by atoms with Crippen molar-refractivity contribution in [1.82, 2.24) is 0 Å². The molecule has 2 rings (SSSR count). The maximum Gasteiger partial charge on any atom is 0.219 e. The monoisotopic (exact) mass is 398 g/mol. The number of halogens is 1. The molecule has 0 amide bonds. The summed E-state index contributed by atoms with van der Waals surface area (Å²) in [6.45, 7) is 15.9. The molecular weight excluding hydrogens is 372 g/mol. The summed E-state index contributed by atoms with van der Waals surface area (Å²) in [5.41, 5.74) is 4.33. The van der Waals surface area contributed by atoms with Gasteiger partial charge in [-0.1, -0.05) is 71.4 Å². The van der Waals surface area contributed by atoms with E-state index < -0.39 is 10.2 Å². The second-order valence-corrected chi connectivity index (χ2v) is 10.2. The number of hydrogen-bond acceptors (Lipinski definition) is 4. The van der Waals surface area contributed by atoms with Crippen molar-refractivity contribution in [2.75, 3.05) is 0 Å². The molecule has 2 aromatic rings. The van der Waals surface area contributed by atoms with E-state index in [0.717, 1.165) is 0 Å². The molecule has 1 heterocycles. The first-order valence-electron chi connectivity index (χ1n) is 8.25. The lowest BCUT2D eigenvalue weighted by Gasteiger charge is -2.17. The molecule has 0 atom stereocenters. The van der Waals surface area contributed by atoms with Crippen LogP contribution in [0.25, 0.3) is 11.1 Å². The van der Waals surface area contributed by atoms with E-state index >= 15 is 0 Å². The van der Waals surface area contributed by atoms with E-state index in [1.807, 2.05) is 11.3 Å². The number of aryl methyl sites for hydroxylation is 1. The van der Waals surface area contributed by atoms with Gasteiger partial charge < -0.3 is 0 Å². The molecule has 0 radical (unpaired) electrons. The van der Waals surface area contributed by atoms with Gasteiger partial charge in [-0.15, -0.1) is 10.2 Å². The molecule has 1 aromatic heterocycles. The summed E-state index contributed by atoms with van der Waals surface area (Å²) in [6, 6.07) is 13.6. The van der Waals surface area contributed by atoms with Crippen LogP contribution < -0.4 is 18.6 Å². The van der Waals surface area contributed by atoms with Gasteiger partial charge in [-0.3, -0.25) is 0 Å². The summed E-state index contributed by atoms with van der Waals surface area (Å²) in [5, 5.41) is 0. The predicted molar refractivity (Wildman–Crippen MR) is 96.3 cm³/mol. The third-order valence-electron chi connectivity index (χ3n) is 3.66. The van der Waals surface area contributed by atoms with Crippen LogP contribution in [-0.2, 0) is 10.8 Å². The Bertz CT molecular complexity index is 685. The molecule has 4 nitrogen and oxygen atoms in total. The van der Waals surface area contributed by atoms with E-state index in [0.29, 0.717) is 0 Å². The highest BCUT2D eigenvalue weighted by atomic mass is 35.7. The summed E-state index contributed by atoms with van der Waals surface area (Å²) in [4.78, 5) is 2.90. The third kappa shape index (κ3) is 8.08. The molecule has 0 saturated carbocycles. The summed E-state index contributed by atoms with van der Waals surface area (Å²) >= 11 is 1.95. The largest absolute Gasteiger partial charge is 0.222 e. The molecular formula is C20H27ClO4S. The van der Waals surface area contributed by atoms with Crippen LogP contribution in [0.2, 0.25) is 0 Å². The van der Waals surface area contributed by atoms with Crippen molar-refractivity contribution in [2.24, 2.45) is 0 Å². The van der Waals surface area contributed by atoms with Gasteiger partial charge in [0.25, 0.3) is 0 Å². The standard InChI is InChI=1S/C20H27S.ClHO4/c1-14-8-10-15(11-9-14)16-12-17(19(2,3)4)21-18(13-16)20(5,6)7;2-1(3,4)5/h8-13H,1-7H3;(H,2,3,4,5)/q+1;/p-1. The Kier molecular flexibility index (Phi) is 7.33. The highest BCUT2D eigenvalue weighted by Crippen LogP contribution is 2.37. The Hall–Kier alpha value is -1.08. The fraction of sp³-hybridized carbons (Fsp3) is 0.450. The lowest BCUT2D eigenvalue weighted by Crippen LogP contribution is -2.68. The van der Waals surface area contributed by atoms with E-state index in [9.17, 15) is 0 Å². The molecule has 0 fully saturated rings. The zero-order valence-electron chi connectivity index (χ0n) is 16.4. The van der Waals surface area contributed by atoms with Crippen LogP contribution in [0.4, 0.5) is 0 Å². The Morgan fingerprint density at radius 2 is 1.04 bits per heavy atom. The zero-order valence-corrected chi connectivity index (χ0v) is 18.0. The minimum absolute atomic E-state index is 0.186. The third-order valence-corrected chi connectivity index (χ3v) is 5.56. The van der Waals surface area contributed by atoms with Gasteiger partial charge in [0, 0.05) is 23.0 Å². The molecule has 0 unspecified atom stereocenters. The summed E-state index contributed by atoms with van der Waals surface area (Å²) in [7, 11) is -4.94. The first-order chi connectivity index (χ1) is 11.6. The van der Waals surface area contributed by atoms with Gasteiger partial charge in [-0.05, 0) is 18.1 Å². The van der Waals surface area contributed by atoms with Crippen LogP contribution in [0.5, 0.6) is 0 Å². The topological polar surface area (TPSA) is 92.2 Å². The van der Waals surface area contributed by atoms with E-state index in [-0.39, 0.29) is 10.8 Å². The Labute approximate surface area is 162 Å². The van der Waals surface area contributed by atoms with Crippen LogP contribution >= 0.6 is 11.3 Å². The average Bonchev–Trinajstić information content (AvgIpc) is 2.44. The van der Waals surface area contributed by atoms with Crippen molar-refractivity contribution >= 4 is 11.3 Å². The summed E-state index contributed by atoms with van der Waals surface area (Å²) in [6.07, 6.45) is 0. The van der Waals surface area contributed by atoms with Crippen molar-refractivity contribution in [1.29, 1.82) is 0 Å². The Balaban J connectivity index is 0.000000597. The highest BCUT2D eigenvalue weighted by Gasteiger charge is 2.32. The average molecular weight is 399 g/mol. The Morgan fingerprint density at radius 3 is 1.35 bits per heavy atom. The number of hydrogen-bond donors (Lipinski definition) is 0. The quantitative estimate of drug-likeness (QED) is 0.685. The van der Waals surface area contributed by atoms with Crippen LogP contribution in [-0.4, -0.2) is 0 Å². The molecule has 0 aliphatic carbocycles. The second-order valence-electron chi connectivity index (χ2n) is 8.32. The smallest absolute Gasteiger partial charge is 0.219 e. The fourth-order valence-electron chi connectivity index (χ4n) is 2.15. The maximum atomic E-state index is 8.49. The van der Waals surface area contributed by atoms with Gasteiger partial charge in [-0.25, -0.2) is 18.6 Å². The van der Waals surface area contributed by atoms with Gasteiger partial charge in [0.1, 0.15) is 0 Å². The van der Waals surface area contributed by atoms with E-state index in [1.165, 1.54) is 26.4 Å². The molecule has 0 aliphatic rings. The van der Waals surface area contributed by atoms with Crippen molar-refractivity contribution in [2.45, 2.75) is 59.3 Å². The van der Waals surface area contributed by atoms with Gasteiger partial charge >= 0.3 is 0 Å². The normalized spacial score (nSPS) is 12.4. The van der Waals surface area contributed by atoms with E-state index in [2.05, 4.69) is 84.9 Å². The second kappa shape index (κ2) is 8.30. The predicted octanol–water partition coefficient (Wildman–Crippen LogP) is 1.84. The van der Waals surface area contributed by atoms with Crippen molar-refractivity contribution in [3.63, 3.8) is 0 Å². The van der Waals surface area contributed by atoms with E-state index in [1.54, 1.807) is 0 Å². The SMILES string of the molecule is Cc1ccc(-c2cc(C(C)(C)C)[s+]c(C(C)(C)C)c2)cc1.[O-][Cl+3]([O-])([O-])[O-]. The first-order valence-corrected chi connectivity index (χ1v) is 10.3. The molecule has 0 aliphatic heterocycles. The van der Waals surface area contributed by atoms with Crippen molar-refractivity contribution < 1.29 is 28.9 Å². The lowest BCUT2D eigenvalue weighted by molar-refractivity contribution is -2.00. The van der Waals surface area contributed by atoms with E-state index in [4.69, 9.17) is 18.6 Å². The lowest BCUT2D eigenvalue weighted by atomic mass is 9.90. The zero-order chi connectivity index (χ0) is 20.3. The van der Waals surface area contributed by atoms with Gasteiger partial charge in [-0.2, -0.15) is 0 Å².